The van der Waals surface area contributed by atoms with Crippen LogP contribution in [0, 0.1) is 11.3 Å². The molecular formula is C19H29N3O2S. The maximum absolute atomic E-state index is 12.0. The Morgan fingerprint density at radius 1 is 1.44 bits per heavy atom. The van der Waals surface area contributed by atoms with Gasteiger partial charge in [-0.2, -0.15) is 0 Å². The first-order chi connectivity index (χ1) is 11.7. The van der Waals surface area contributed by atoms with Crippen molar-refractivity contribution in [1.29, 1.82) is 0 Å². The molecule has 1 aliphatic rings. The zero-order chi connectivity index (χ0) is 18.8. The molecule has 2 atom stereocenters. The van der Waals surface area contributed by atoms with Gasteiger partial charge < -0.3 is 0 Å². The summed E-state index contributed by atoms with van der Waals surface area (Å²) in [6.07, 6.45) is 9.22. The van der Waals surface area contributed by atoms with Gasteiger partial charge in [-0.05, 0) is 37.5 Å². The molecule has 0 aromatic carbocycles. The second kappa shape index (κ2) is 7.77. The molecule has 25 heavy (non-hydrogen) atoms. The molecule has 5 nitrogen and oxygen atoms in total. The Kier molecular flexibility index (Phi) is 6.14. The second-order valence-electron chi connectivity index (χ2n) is 7.52. The van der Waals surface area contributed by atoms with E-state index in [-0.39, 0.29) is 16.6 Å². The summed E-state index contributed by atoms with van der Waals surface area (Å²) in [7, 11) is -1.29. The highest BCUT2D eigenvalue weighted by Crippen LogP contribution is 2.51. The minimum Gasteiger partial charge on any atom is -0.295 e. The predicted octanol–water partition coefficient (Wildman–Crippen LogP) is 3.81. The highest BCUT2D eigenvalue weighted by molar-refractivity contribution is 7.84. The Labute approximate surface area is 153 Å². The number of carbonyl (C=O) groups is 1. The van der Waals surface area contributed by atoms with Gasteiger partial charge >= 0.3 is 0 Å². The average molecular weight is 364 g/mol. The molecule has 2 unspecified atom stereocenters. The maximum Gasteiger partial charge on any atom is 0.220 e. The quantitative estimate of drug-likeness (QED) is 0.520. The lowest BCUT2D eigenvalue weighted by atomic mass is 9.94. The smallest absolute Gasteiger partial charge is 0.220 e. The summed E-state index contributed by atoms with van der Waals surface area (Å²) in [6.45, 7) is 10.6. The fraction of sp³-hybridized carbons (Fsp3) is 0.632. The molecule has 6 heteroatoms. The number of hydrogen-bond acceptors (Lipinski definition) is 4. The van der Waals surface area contributed by atoms with Crippen molar-refractivity contribution in [1.82, 2.24) is 9.97 Å². The molecule has 1 saturated carbocycles. The van der Waals surface area contributed by atoms with Gasteiger partial charge in [-0.3, -0.25) is 13.9 Å². The molecule has 0 saturated heterocycles. The number of nitrogens with zero attached hydrogens (tertiary/aromatic N) is 3. The fourth-order valence-electron chi connectivity index (χ4n) is 3.05. The molecule has 138 valence electrons. The van der Waals surface area contributed by atoms with E-state index in [0.717, 1.165) is 31.2 Å². The monoisotopic (exact) mass is 363 g/mol. The molecule has 0 N–H and O–H groups in total. The summed E-state index contributed by atoms with van der Waals surface area (Å²) in [4.78, 5) is 22.5. The lowest BCUT2D eigenvalue weighted by molar-refractivity contribution is -0.108. The molecule has 1 heterocycles. The van der Waals surface area contributed by atoms with E-state index in [1.54, 1.807) is 17.4 Å². The first-order valence-corrected chi connectivity index (χ1v) is 10.4. The number of rotatable bonds is 8. The van der Waals surface area contributed by atoms with Gasteiger partial charge in [-0.1, -0.05) is 39.3 Å². The maximum atomic E-state index is 12.0. The molecule has 0 radical (unpaired) electrons. The molecule has 1 aromatic heterocycles. The highest BCUT2D eigenvalue weighted by atomic mass is 32.2. The normalized spacial score (nSPS) is 18.8. The number of carbonyl (C=O) groups excluding carboxylic acids is 1. The van der Waals surface area contributed by atoms with Gasteiger partial charge in [0, 0.05) is 24.1 Å². The number of hydrogen-bond donors (Lipinski definition) is 0. The van der Waals surface area contributed by atoms with E-state index in [4.69, 9.17) is 0 Å². The van der Waals surface area contributed by atoms with Crippen LogP contribution in [0.5, 0.6) is 0 Å². The molecule has 1 aromatic rings. The van der Waals surface area contributed by atoms with Gasteiger partial charge in [0.2, 0.25) is 11.6 Å². The van der Waals surface area contributed by atoms with Crippen LogP contribution >= 0.6 is 0 Å². The van der Waals surface area contributed by atoms with E-state index >= 15 is 0 Å². The number of anilines is 1. The Bertz CT molecular complexity index is 696. The Hall–Kier alpha value is -1.56. The summed E-state index contributed by atoms with van der Waals surface area (Å²) in [5.74, 6) is 0.954. The fourth-order valence-corrected chi connectivity index (χ4v) is 3.47. The summed E-state index contributed by atoms with van der Waals surface area (Å²) in [6, 6.07) is 0.0875. The van der Waals surface area contributed by atoms with E-state index in [0.29, 0.717) is 11.7 Å². The van der Waals surface area contributed by atoms with Crippen molar-refractivity contribution in [3.63, 3.8) is 0 Å². The predicted molar refractivity (Wildman–Crippen MR) is 103 cm³/mol. The number of allylic oxidation sites excluding steroid dienone is 1. The second-order valence-corrected chi connectivity index (χ2v) is 8.79. The van der Waals surface area contributed by atoms with Crippen LogP contribution in [0.1, 0.15) is 59.4 Å². The Morgan fingerprint density at radius 2 is 2.08 bits per heavy atom. The van der Waals surface area contributed by atoms with Gasteiger partial charge in [0.25, 0.3) is 0 Å². The largest absolute Gasteiger partial charge is 0.295 e. The zero-order valence-electron chi connectivity index (χ0n) is 16.1. The van der Waals surface area contributed by atoms with Crippen molar-refractivity contribution in [2.45, 2.75) is 65.1 Å². The SMILES string of the molecule is CCC(N(C=O)c1nc(S(C)=O)ncc1/C=C(\C)C(C)C)C1(C)CC1. The summed E-state index contributed by atoms with van der Waals surface area (Å²) >= 11 is 0. The van der Waals surface area contributed by atoms with E-state index in [2.05, 4.69) is 44.6 Å². The molecular weight excluding hydrogens is 334 g/mol. The molecule has 1 aliphatic carbocycles. The van der Waals surface area contributed by atoms with Crippen LogP contribution in [0.2, 0.25) is 0 Å². The lowest BCUT2D eigenvalue weighted by Gasteiger charge is -2.32. The van der Waals surface area contributed by atoms with Crippen LogP contribution in [-0.2, 0) is 15.6 Å². The molecule has 2 rings (SSSR count). The third-order valence-corrected chi connectivity index (χ3v) is 5.96. The first-order valence-electron chi connectivity index (χ1n) is 8.85. The average Bonchev–Trinajstić information content (AvgIpc) is 3.30. The van der Waals surface area contributed by atoms with Gasteiger partial charge in [0.15, 0.2) is 0 Å². The van der Waals surface area contributed by atoms with Crippen LogP contribution in [0.4, 0.5) is 5.82 Å². The number of amides is 1. The van der Waals surface area contributed by atoms with Crippen molar-refractivity contribution < 1.29 is 9.00 Å². The number of aromatic nitrogens is 2. The third-order valence-electron chi connectivity index (χ3n) is 5.25. The van der Waals surface area contributed by atoms with Crippen molar-refractivity contribution in [3.8, 4) is 0 Å². The van der Waals surface area contributed by atoms with Gasteiger partial charge in [0.05, 0.1) is 10.8 Å². The summed E-state index contributed by atoms with van der Waals surface area (Å²) < 4.78 is 11.9. The summed E-state index contributed by atoms with van der Waals surface area (Å²) in [5, 5.41) is 0.261. The third kappa shape index (κ3) is 4.35. The van der Waals surface area contributed by atoms with Gasteiger partial charge in [-0.15, -0.1) is 0 Å². The molecule has 1 amide bonds. The van der Waals surface area contributed by atoms with E-state index in [1.807, 2.05) is 6.08 Å². The van der Waals surface area contributed by atoms with Crippen LogP contribution in [0.25, 0.3) is 6.08 Å². The van der Waals surface area contributed by atoms with Crippen LogP contribution < -0.4 is 4.90 Å². The zero-order valence-corrected chi connectivity index (χ0v) is 16.9. The first kappa shape index (κ1) is 19.8. The molecule has 0 aliphatic heterocycles. The van der Waals surface area contributed by atoms with E-state index < -0.39 is 10.8 Å². The van der Waals surface area contributed by atoms with Crippen LogP contribution in [0.15, 0.2) is 16.9 Å². The lowest BCUT2D eigenvalue weighted by Crippen LogP contribution is -2.40. The molecule has 0 bridgehead atoms. The Morgan fingerprint density at radius 3 is 2.52 bits per heavy atom. The topological polar surface area (TPSA) is 63.2 Å². The minimum atomic E-state index is -1.29. The van der Waals surface area contributed by atoms with Gasteiger partial charge in [0.1, 0.15) is 5.82 Å². The van der Waals surface area contributed by atoms with Gasteiger partial charge in [-0.25, -0.2) is 9.97 Å². The van der Waals surface area contributed by atoms with Crippen molar-refractivity contribution in [3.05, 3.63) is 17.3 Å². The minimum absolute atomic E-state index is 0.0875. The Balaban J connectivity index is 2.57. The standard InChI is InChI=1S/C19H29N3O2S/c1-7-16(19(5)8-9-19)22(12-23)17-15(10-14(4)13(2)3)11-20-18(21-17)25(6)24/h10-13,16H,7-9H2,1-6H3/b14-10+. The van der Waals surface area contributed by atoms with Crippen molar-refractivity contribution >= 4 is 29.1 Å². The molecule has 0 spiro atoms. The van der Waals surface area contributed by atoms with Crippen molar-refractivity contribution in [2.75, 3.05) is 11.2 Å². The van der Waals surface area contributed by atoms with Crippen LogP contribution in [0.3, 0.4) is 0 Å². The summed E-state index contributed by atoms with van der Waals surface area (Å²) in [5.41, 5.74) is 2.13. The molecule has 1 fully saturated rings. The van der Waals surface area contributed by atoms with Crippen molar-refractivity contribution in [2.24, 2.45) is 11.3 Å². The van der Waals surface area contributed by atoms with E-state index in [1.165, 1.54) is 5.57 Å². The van der Waals surface area contributed by atoms with Crippen LogP contribution in [-0.4, -0.2) is 32.9 Å². The highest BCUT2D eigenvalue weighted by Gasteiger charge is 2.47. The van der Waals surface area contributed by atoms with E-state index in [9.17, 15) is 9.00 Å².